The molecule has 0 bridgehead atoms. The predicted octanol–water partition coefficient (Wildman–Crippen LogP) is 4.39. The van der Waals surface area contributed by atoms with Crippen molar-refractivity contribution in [3.63, 3.8) is 0 Å². The van der Waals surface area contributed by atoms with Gasteiger partial charge in [0.05, 0.1) is 0 Å². The van der Waals surface area contributed by atoms with E-state index in [0.717, 1.165) is 11.3 Å². The molecule has 3 N–H and O–H groups in total. The van der Waals surface area contributed by atoms with Gasteiger partial charge in [0.1, 0.15) is 17.8 Å². The molecule has 1 heterocycles. The zero-order chi connectivity index (χ0) is 20.1. The average Bonchev–Trinajstić information content (AvgIpc) is 2.66. The van der Waals surface area contributed by atoms with Gasteiger partial charge in [-0.2, -0.15) is 0 Å². The Kier molecular flexibility index (Phi) is 5.86. The quantitative estimate of drug-likeness (QED) is 0.595. The molecule has 0 radical (unpaired) electrons. The van der Waals surface area contributed by atoms with Gasteiger partial charge in [0, 0.05) is 35.1 Å². The highest BCUT2D eigenvalue weighted by atomic mass is 35.5. The largest absolute Gasteiger partial charge is 0.340 e. The molecule has 142 valence electrons. The van der Waals surface area contributed by atoms with Crippen LogP contribution in [0.2, 0.25) is 5.02 Å². The van der Waals surface area contributed by atoms with Crippen LogP contribution in [0.3, 0.4) is 0 Å². The van der Waals surface area contributed by atoms with Crippen molar-refractivity contribution >= 4 is 46.3 Å². The van der Waals surface area contributed by atoms with Gasteiger partial charge in [0.15, 0.2) is 0 Å². The fraction of sp³-hybridized carbons (Fsp3) is 0.100. The van der Waals surface area contributed by atoms with Gasteiger partial charge in [-0.25, -0.2) is 9.97 Å². The molecule has 0 aliphatic carbocycles. The van der Waals surface area contributed by atoms with Crippen molar-refractivity contribution in [1.82, 2.24) is 9.97 Å². The fourth-order valence-electron chi connectivity index (χ4n) is 2.40. The van der Waals surface area contributed by atoms with Crippen molar-refractivity contribution in [2.45, 2.75) is 13.8 Å². The Balaban J connectivity index is 1.70. The van der Waals surface area contributed by atoms with E-state index in [1.54, 1.807) is 42.5 Å². The number of anilines is 4. The normalized spacial score (nSPS) is 10.2. The van der Waals surface area contributed by atoms with E-state index in [1.165, 1.54) is 13.3 Å². The summed E-state index contributed by atoms with van der Waals surface area (Å²) in [4.78, 5) is 31.7. The van der Waals surface area contributed by atoms with Crippen molar-refractivity contribution < 1.29 is 9.59 Å². The Bertz CT molecular complexity index is 1020. The summed E-state index contributed by atoms with van der Waals surface area (Å²) in [5.74, 6) is -0.0391. The highest BCUT2D eigenvalue weighted by Gasteiger charge is 2.10. The van der Waals surface area contributed by atoms with Crippen LogP contribution in [-0.4, -0.2) is 21.8 Å². The van der Waals surface area contributed by atoms with Gasteiger partial charge < -0.3 is 16.0 Å². The van der Waals surface area contributed by atoms with E-state index in [1.807, 2.05) is 13.0 Å². The summed E-state index contributed by atoms with van der Waals surface area (Å²) in [5.41, 5.74) is 3.17. The number of carbonyl (C=O) groups excluding carboxylic acids is 2. The van der Waals surface area contributed by atoms with Gasteiger partial charge in [-0.1, -0.05) is 17.7 Å². The highest BCUT2D eigenvalue weighted by Crippen LogP contribution is 2.21. The summed E-state index contributed by atoms with van der Waals surface area (Å²) in [5, 5.41) is 9.13. The summed E-state index contributed by atoms with van der Waals surface area (Å²) in [7, 11) is 0. The molecule has 8 heteroatoms. The second kappa shape index (κ2) is 8.49. The van der Waals surface area contributed by atoms with Gasteiger partial charge in [-0.15, -0.1) is 0 Å². The Morgan fingerprint density at radius 2 is 1.57 bits per heavy atom. The van der Waals surface area contributed by atoms with E-state index < -0.39 is 0 Å². The zero-order valence-corrected chi connectivity index (χ0v) is 16.0. The van der Waals surface area contributed by atoms with Crippen LogP contribution in [0.4, 0.5) is 22.9 Å². The van der Waals surface area contributed by atoms with Crippen LogP contribution in [0.1, 0.15) is 23.0 Å². The number of aromatic nitrogens is 2. The second-order valence-electron chi connectivity index (χ2n) is 6.09. The average molecular weight is 396 g/mol. The number of hydrogen-bond donors (Lipinski definition) is 3. The lowest BCUT2D eigenvalue weighted by Crippen LogP contribution is -2.14. The molecule has 0 saturated carbocycles. The molecule has 2 amide bonds. The van der Waals surface area contributed by atoms with E-state index >= 15 is 0 Å². The summed E-state index contributed by atoms with van der Waals surface area (Å²) >= 11 is 6.09. The Morgan fingerprint density at radius 1 is 0.893 bits per heavy atom. The number of nitrogens with one attached hydrogen (secondary N) is 3. The molecule has 0 spiro atoms. The minimum Gasteiger partial charge on any atom is -0.340 e. The second-order valence-corrected chi connectivity index (χ2v) is 6.50. The van der Waals surface area contributed by atoms with Crippen molar-refractivity contribution in [3.8, 4) is 0 Å². The first-order chi connectivity index (χ1) is 13.4. The molecule has 0 fully saturated rings. The minimum atomic E-state index is -0.369. The molecule has 3 rings (SSSR count). The lowest BCUT2D eigenvalue weighted by molar-refractivity contribution is -0.114. The number of rotatable bonds is 5. The summed E-state index contributed by atoms with van der Waals surface area (Å²) in [6.07, 6.45) is 1.31. The number of benzene rings is 2. The van der Waals surface area contributed by atoms with Crippen molar-refractivity contribution in [2.75, 3.05) is 16.0 Å². The van der Waals surface area contributed by atoms with Crippen LogP contribution in [0, 0.1) is 6.92 Å². The van der Waals surface area contributed by atoms with Crippen LogP contribution in [0.5, 0.6) is 0 Å². The van der Waals surface area contributed by atoms with Crippen LogP contribution in [0.15, 0.2) is 54.9 Å². The van der Waals surface area contributed by atoms with Crippen molar-refractivity contribution in [2.24, 2.45) is 0 Å². The molecule has 0 saturated heterocycles. The van der Waals surface area contributed by atoms with E-state index in [4.69, 9.17) is 11.6 Å². The zero-order valence-electron chi connectivity index (χ0n) is 15.3. The maximum atomic E-state index is 12.4. The Hall–Kier alpha value is -3.45. The monoisotopic (exact) mass is 395 g/mol. The van der Waals surface area contributed by atoms with E-state index in [0.29, 0.717) is 22.2 Å². The highest BCUT2D eigenvalue weighted by molar-refractivity contribution is 6.31. The maximum Gasteiger partial charge on any atom is 0.274 e. The van der Waals surface area contributed by atoms with Crippen LogP contribution in [0.25, 0.3) is 0 Å². The first-order valence-electron chi connectivity index (χ1n) is 8.45. The lowest BCUT2D eigenvalue weighted by Gasteiger charge is -2.09. The van der Waals surface area contributed by atoms with Crippen LogP contribution >= 0.6 is 11.6 Å². The molecule has 0 aliphatic rings. The van der Waals surface area contributed by atoms with Crippen molar-refractivity contribution in [1.29, 1.82) is 0 Å². The standard InChI is InChI=1S/C20H18ClN5O2/c1-12-3-4-16(9-17(12)21)26-20(28)18-10-19(23-11-22-18)25-15-7-5-14(6-8-15)24-13(2)27/h3-11H,1-2H3,(H,24,27)(H,26,28)(H,22,23,25). The Morgan fingerprint density at radius 3 is 2.25 bits per heavy atom. The summed E-state index contributed by atoms with van der Waals surface area (Å²) < 4.78 is 0. The van der Waals surface area contributed by atoms with E-state index in [9.17, 15) is 9.59 Å². The minimum absolute atomic E-state index is 0.137. The third-order valence-corrected chi connectivity index (χ3v) is 4.21. The molecular formula is C20H18ClN5O2. The predicted molar refractivity (Wildman–Crippen MR) is 110 cm³/mol. The summed E-state index contributed by atoms with van der Waals surface area (Å²) in [6, 6.07) is 14.0. The van der Waals surface area contributed by atoms with Crippen LogP contribution in [-0.2, 0) is 4.79 Å². The molecule has 2 aromatic carbocycles. The first kappa shape index (κ1) is 19.3. The number of hydrogen-bond acceptors (Lipinski definition) is 5. The fourth-order valence-corrected chi connectivity index (χ4v) is 2.58. The topological polar surface area (TPSA) is 96.0 Å². The molecule has 3 aromatic rings. The van der Waals surface area contributed by atoms with E-state index in [2.05, 4.69) is 25.9 Å². The van der Waals surface area contributed by atoms with Gasteiger partial charge >= 0.3 is 0 Å². The Labute approximate surface area is 167 Å². The maximum absolute atomic E-state index is 12.4. The molecule has 0 atom stereocenters. The third kappa shape index (κ3) is 5.05. The van der Waals surface area contributed by atoms with E-state index in [-0.39, 0.29) is 17.5 Å². The molecule has 28 heavy (non-hydrogen) atoms. The van der Waals surface area contributed by atoms with Gasteiger partial charge in [0.2, 0.25) is 5.91 Å². The number of halogens is 1. The van der Waals surface area contributed by atoms with Crippen LogP contribution < -0.4 is 16.0 Å². The van der Waals surface area contributed by atoms with Gasteiger partial charge in [0.25, 0.3) is 5.91 Å². The van der Waals surface area contributed by atoms with Gasteiger partial charge in [-0.05, 0) is 48.9 Å². The lowest BCUT2D eigenvalue weighted by atomic mass is 10.2. The third-order valence-electron chi connectivity index (χ3n) is 3.81. The molecule has 0 aliphatic heterocycles. The SMILES string of the molecule is CC(=O)Nc1ccc(Nc2cc(C(=O)Nc3ccc(C)c(Cl)c3)ncn2)cc1. The van der Waals surface area contributed by atoms with Gasteiger partial charge in [-0.3, -0.25) is 9.59 Å². The number of aryl methyl sites for hydroxylation is 1. The molecule has 1 aromatic heterocycles. The molecule has 0 unspecified atom stereocenters. The number of carbonyl (C=O) groups is 2. The number of amides is 2. The number of nitrogens with zero attached hydrogens (tertiary/aromatic N) is 2. The molecule has 7 nitrogen and oxygen atoms in total. The first-order valence-corrected chi connectivity index (χ1v) is 8.83. The summed E-state index contributed by atoms with van der Waals surface area (Å²) in [6.45, 7) is 3.34. The van der Waals surface area contributed by atoms with Crippen molar-refractivity contribution in [3.05, 3.63) is 71.1 Å². The smallest absolute Gasteiger partial charge is 0.274 e. The molecular weight excluding hydrogens is 378 g/mol.